The van der Waals surface area contributed by atoms with E-state index < -0.39 is 97.5 Å². The van der Waals surface area contributed by atoms with Gasteiger partial charge in [0, 0.05) is 25.7 Å². The maximum atomic E-state index is 13.1. The van der Waals surface area contributed by atoms with E-state index in [-0.39, 0.29) is 25.7 Å². The molecule has 0 aliphatic rings. The number of hydrogen-bond acceptors (Lipinski definition) is 15. The van der Waals surface area contributed by atoms with E-state index in [0.29, 0.717) is 44.9 Å². The molecule has 3 N–H and O–H groups in total. The molecular formula is C93H148O17P2. The van der Waals surface area contributed by atoms with Gasteiger partial charge in [0.1, 0.15) is 19.3 Å². The first kappa shape index (κ1) is 106. The number of aliphatic hydroxyl groups is 1. The van der Waals surface area contributed by atoms with E-state index in [2.05, 4.69) is 180 Å². The first-order valence-corrected chi connectivity index (χ1v) is 45.3. The molecule has 19 heteroatoms. The predicted molar refractivity (Wildman–Crippen MR) is 463 cm³/mol. The van der Waals surface area contributed by atoms with E-state index in [0.717, 1.165) is 135 Å². The fraction of sp³-hybridized carbons (Fsp3) is 0.591. The number of phosphoric acid groups is 2. The Labute approximate surface area is 678 Å². The fourth-order valence-electron chi connectivity index (χ4n) is 10.3. The summed E-state index contributed by atoms with van der Waals surface area (Å²) in [5, 5.41) is 10.7. The van der Waals surface area contributed by atoms with Crippen molar-refractivity contribution in [1.29, 1.82) is 0 Å². The Bertz CT molecular complexity index is 2940. The van der Waals surface area contributed by atoms with Crippen molar-refractivity contribution in [1.82, 2.24) is 0 Å². The van der Waals surface area contributed by atoms with Crippen LogP contribution in [0.4, 0.5) is 0 Å². The summed E-state index contributed by atoms with van der Waals surface area (Å²) in [5.41, 5.74) is 0. The number of rotatable bonds is 77. The topological polar surface area (TPSA) is 237 Å². The van der Waals surface area contributed by atoms with Gasteiger partial charge in [0.15, 0.2) is 12.2 Å². The first-order chi connectivity index (χ1) is 54.7. The summed E-state index contributed by atoms with van der Waals surface area (Å²) in [6, 6.07) is 0. The van der Waals surface area contributed by atoms with Crippen molar-refractivity contribution in [2.75, 3.05) is 39.6 Å². The molecule has 0 fully saturated rings. The van der Waals surface area contributed by atoms with Crippen molar-refractivity contribution in [2.45, 2.75) is 316 Å². The van der Waals surface area contributed by atoms with Crippen LogP contribution in [0.3, 0.4) is 0 Å². The van der Waals surface area contributed by atoms with Crippen LogP contribution in [0.15, 0.2) is 207 Å². The molecule has 5 atom stereocenters. The summed E-state index contributed by atoms with van der Waals surface area (Å²) in [5.74, 6) is -2.49. The summed E-state index contributed by atoms with van der Waals surface area (Å²) in [6.07, 6.45) is 104. The smallest absolute Gasteiger partial charge is 0.462 e. The SMILES string of the molecule is CC/C=C\C/C=C\C/C=C\C/C=C\C/C=C\C/C=C\CCC(=O)OC[C@H](COP(=O)(O)OC[C@@H](O)COP(=O)(O)OC[C@@H](COC(=O)CC/C=C\C/C=C\C/C=C\C/C=C\C/C=C\CCCCC)OC(=O)CCCCCCCCC/C=C\CCCCCC)OC(=O)CC/C=C\C/C=C\C/C=C\C/C=C\C/C=C\CCCCC. The van der Waals surface area contributed by atoms with Crippen LogP contribution in [0.1, 0.15) is 297 Å². The fourth-order valence-corrected chi connectivity index (χ4v) is 11.9. The van der Waals surface area contributed by atoms with E-state index in [9.17, 15) is 43.2 Å². The third-order valence-corrected chi connectivity index (χ3v) is 18.6. The summed E-state index contributed by atoms with van der Waals surface area (Å²) in [6.45, 7) is 4.42. The van der Waals surface area contributed by atoms with Crippen molar-refractivity contribution in [2.24, 2.45) is 0 Å². The Hall–Kier alpha value is -6.36. The molecule has 0 bridgehead atoms. The number of esters is 4. The molecule has 2 unspecified atom stereocenters. The average molecular weight is 1600 g/mol. The monoisotopic (exact) mass is 1600 g/mol. The van der Waals surface area contributed by atoms with Crippen LogP contribution in [-0.2, 0) is 65.4 Å². The number of carbonyl (C=O) groups excluding carboxylic acids is 4. The number of phosphoric ester groups is 2. The second kappa shape index (κ2) is 82.6. The molecule has 17 nitrogen and oxygen atoms in total. The van der Waals surface area contributed by atoms with Crippen LogP contribution in [0.5, 0.6) is 0 Å². The van der Waals surface area contributed by atoms with Gasteiger partial charge in [0.2, 0.25) is 0 Å². The zero-order valence-electron chi connectivity index (χ0n) is 69.3. The van der Waals surface area contributed by atoms with E-state index in [1.807, 2.05) is 54.7 Å². The first-order valence-electron chi connectivity index (χ1n) is 42.3. The Morgan fingerprint density at radius 1 is 0.259 bits per heavy atom. The lowest BCUT2D eigenvalue weighted by Crippen LogP contribution is -2.30. The molecule has 0 aromatic heterocycles. The number of aliphatic hydroxyl groups excluding tert-OH is 1. The van der Waals surface area contributed by atoms with Gasteiger partial charge in [-0.05, 0) is 167 Å². The van der Waals surface area contributed by atoms with E-state index >= 15 is 0 Å². The second-order valence-corrected chi connectivity index (χ2v) is 30.2. The van der Waals surface area contributed by atoms with Crippen LogP contribution in [0.25, 0.3) is 0 Å². The molecule has 0 radical (unpaired) electrons. The molecule has 0 spiro atoms. The quantitative estimate of drug-likeness (QED) is 0.0169. The van der Waals surface area contributed by atoms with Gasteiger partial charge in [-0.25, -0.2) is 9.13 Å². The molecule has 0 amide bonds. The molecule has 632 valence electrons. The largest absolute Gasteiger partial charge is 0.472 e. The zero-order valence-corrected chi connectivity index (χ0v) is 71.0. The van der Waals surface area contributed by atoms with Gasteiger partial charge in [-0.3, -0.25) is 37.3 Å². The van der Waals surface area contributed by atoms with Crippen molar-refractivity contribution in [3.63, 3.8) is 0 Å². The minimum absolute atomic E-state index is 0.0106. The summed E-state index contributed by atoms with van der Waals surface area (Å²) < 4.78 is 68.5. The number of hydrogen-bond donors (Lipinski definition) is 3. The van der Waals surface area contributed by atoms with Crippen LogP contribution in [-0.4, -0.2) is 96.7 Å². The molecule has 112 heavy (non-hydrogen) atoms. The maximum absolute atomic E-state index is 13.1. The van der Waals surface area contributed by atoms with Crippen molar-refractivity contribution >= 4 is 39.5 Å². The van der Waals surface area contributed by atoms with Gasteiger partial charge >= 0.3 is 39.5 Å². The molecule has 0 aromatic rings. The Morgan fingerprint density at radius 3 is 0.795 bits per heavy atom. The third kappa shape index (κ3) is 81.6. The molecule has 0 rings (SSSR count). The van der Waals surface area contributed by atoms with Crippen molar-refractivity contribution in [3.05, 3.63) is 207 Å². The van der Waals surface area contributed by atoms with Crippen LogP contribution in [0.2, 0.25) is 0 Å². The number of carbonyl (C=O) groups is 4. The minimum atomic E-state index is -5.03. The standard InChI is InChI=1S/C93H148O17P2/c1-5-9-13-17-21-25-29-33-37-40-43-46-50-53-57-61-65-69-73-77-90(95)103-83-88(109-92(97)79-75-71-67-63-59-55-49-36-32-28-24-20-16-12-8-4)85-107-111(99,100)105-81-87(94)82-106-112(101,102)108-86-89(110-93(98)80-76-72-68-64-60-56-52-48-45-42-39-35-31-27-23-19-15-11-7-3)84-104-91(96)78-74-70-66-62-58-54-51-47-44-41-38-34-30-26-22-18-14-10-6-2/h10,14,21-23,25-28,32-35,37-39,43-48,53-54,56-58,60,65-66,68-70,72,87-89,94H,5-9,11-13,15-20,24,29-31,36,40-42,49-52,55,59,61-64,67,71,73-86H2,1-4H3,(H,99,100)(H,101,102)/b14-10-,25-21-,26-22-,27-23-,32-28-,37-33-,38-34-,39-35-,46-43-,47-44-,48-45-,57-53-,58-54-,60-56-,69-65-,70-66-,72-68-/t87-,88+,89+/m0/s1. The second-order valence-electron chi connectivity index (χ2n) is 27.3. The lowest BCUT2D eigenvalue weighted by molar-refractivity contribution is -0.161. The highest BCUT2D eigenvalue weighted by atomic mass is 31.2. The van der Waals surface area contributed by atoms with Gasteiger partial charge in [-0.2, -0.15) is 0 Å². The van der Waals surface area contributed by atoms with Gasteiger partial charge in [0.25, 0.3) is 0 Å². The Kier molecular flexibility index (Phi) is 77.9. The highest BCUT2D eigenvalue weighted by molar-refractivity contribution is 7.47. The van der Waals surface area contributed by atoms with E-state index in [1.54, 1.807) is 0 Å². The van der Waals surface area contributed by atoms with Crippen LogP contribution < -0.4 is 0 Å². The van der Waals surface area contributed by atoms with Gasteiger partial charge in [-0.1, -0.05) is 311 Å². The Morgan fingerprint density at radius 2 is 0.482 bits per heavy atom. The van der Waals surface area contributed by atoms with Crippen molar-refractivity contribution < 1.29 is 80.2 Å². The highest BCUT2D eigenvalue weighted by Crippen LogP contribution is 2.45. The molecular weight excluding hydrogens is 1450 g/mol. The molecule has 0 saturated carbocycles. The minimum Gasteiger partial charge on any atom is -0.462 e. The molecule has 0 saturated heterocycles. The van der Waals surface area contributed by atoms with Gasteiger partial charge < -0.3 is 33.8 Å². The summed E-state index contributed by atoms with van der Waals surface area (Å²) in [4.78, 5) is 73.1. The van der Waals surface area contributed by atoms with Crippen molar-refractivity contribution in [3.8, 4) is 0 Å². The predicted octanol–water partition coefficient (Wildman–Crippen LogP) is 25.4. The summed E-state index contributed by atoms with van der Waals surface area (Å²) in [7, 11) is -10.1. The number of allylic oxidation sites excluding steroid dienone is 34. The zero-order chi connectivity index (χ0) is 81.7. The highest BCUT2D eigenvalue weighted by Gasteiger charge is 2.30. The number of unbranched alkanes of at least 4 members (excludes halogenated alkanes) is 17. The molecule has 0 aliphatic carbocycles. The van der Waals surface area contributed by atoms with Gasteiger partial charge in [0.05, 0.1) is 26.4 Å². The van der Waals surface area contributed by atoms with Crippen LogP contribution in [0, 0.1) is 0 Å². The molecule has 0 aromatic carbocycles. The van der Waals surface area contributed by atoms with E-state index in [4.69, 9.17) is 37.0 Å². The van der Waals surface area contributed by atoms with Crippen LogP contribution >= 0.6 is 15.6 Å². The molecule has 0 aliphatic heterocycles. The van der Waals surface area contributed by atoms with E-state index in [1.165, 1.54) is 64.2 Å². The number of ether oxygens (including phenoxy) is 4. The lowest BCUT2D eigenvalue weighted by atomic mass is 10.1. The molecule has 0 heterocycles. The Balaban J connectivity index is 5.60. The maximum Gasteiger partial charge on any atom is 0.472 e. The summed E-state index contributed by atoms with van der Waals surface area (Å²) >= 11 is 0. The van der Waals surface area contributed by atoms with Gasteiger partial charge in [-0.15, -0.1) is 0 Å². The average Bonchev–Trinajstić information content (AvgIpc) is 0.898. The normalized spacial score (nSPS) is 14.8. The third-order valence-electron chi connectivity index (χ3n) is 16.7. The lowest BCUT2D eigenvalue weighted by Gasteiger charge is -2.21.